The number of hydrogen-bond acceptors (Lipinski definition) is 2. The second kappa shape index (κ2) is 6.37. The van der Waals surface area contributed by atoms with Crippen LogP contribution in [0.15, 0.2) is 30.5 Å². The molecule has 0 saturated heterocycles. The van der Waals surface area contributed by atoms with Crippen LogP contribution in [0.3, 0.4) is 0 Å². The Bertz CT molecular complexity index is 819. The third kappa shape index (κ3) is 2.80. The molecule has 3 N–H and O–H groups in total. The van der Waals surface area contributed by atoms with Crippen LogP contribution in [0.2, 0.25) is 0 Å². The number of fused-ring (bicyclic) bond motifs is 1. The highest BCUT2D eigenvalue weighted by atomic mass is 16.2. The number of amides is 1. The van der Waals surface area contributed by atoms with E-state index in [2.05, 4.69) is 28.9 Å². The van der Waals surface area contributed by atoms with E-state index in [1.54, 1.807) is 0 Å². The van der Waals surface area contributed by atoms with E-state index in [0.29, 0.717) is 6.42 Å². The monoisotopic (exact) mass is 365 g/mol. The van der Waals surface area contributed by atoms with Crippen molar-refractivity contribution < 1.29 is 4.79 Å². The first kappa shape index (κ1) is 17.3. The molecule has 4 nitrogen and oxygen atoms in total. The van der Waals surface area contributed by atoms with E-state index in [1.165, 1.54) is 43.9 Å². The SMILES string of the molecule is CCN(C(=O)[C@@H](N)Cc1c[nH]c2ccccc12)C12CC3CC(CC(C3)C1)C2. The van der Waals surface area contributed by atoms with Crippen LogP contribution in [-0.4, -0.2) is 33.9 Å². The van der Waals surface area contributed by atoms with Crippen LogP contribution < -0.4 is 5.73 Å². The fraction of sp³-hybridized carbons (Fsp3) is 0.609. The lowest BCUT2D eigenvalue weighted by molar-refractivity contribution is -0.151. The molecule has 1 aromatic heterocycles. The van der Waals surface area contributed by atoms with Crippen molar-refractivity contribution in [3.63, 3.8) is 0 Å². The molecule has 1 heterocycles. The second-order valence-electron chi connectivity index (χ2n) is 9.39. The average molecular weight is 366 g/mol. The first-order valence-electron chi connectivity index (χ1n) is 10.7. The zero-order chi connectivity index (χ0) is 18.6. The number of aromatic nitrogens is 1. The largest absolute Gasteiger partial charge is 0.361 e. The number of nitrogens with zero attached hydrogens (tertiary/aromatic N) is 1. The molecule has 0 radical (unpaired) electrons. The minimum absolute atomic E-state index is 0.0957. The standard InChI is InChI=1S/C23H31N3O/c1-2-26(23-11-15-7-16(12-23)9-17(8-15)13-23)22(27)20(24)10-18-14-25-21-6-4-3-5-19(18)21/h3-6,14-17,20,25H,2,7-13,24H2,1H3/t15?,16?,17?,20-,23?/m0/s1. The highest BCUT2D eigenvalue weighted by Gasteiger charge is 2.54. The summed E-state index contributed by atoms with van der Waals surface area (Å²) in [5.41, 5.74) is 8.84. The van der Waals surface area contributed by atoms with E-state index < -0.39 is 6.04 Å². The predicted molar refractivity (Wildman–Crippen MR) is 108 cm³/mol. The normalized spacial score (nSPS) is 32.7. The van der Waals surface area contributed by atoms with Crippen LogP contribution in [0.4, 0.5) is 0 Å². The van der Waals surface area contributed by atoms with E-state index >= 15 is 0 Å². The summed E-state index contributed by atoms with van der Waals surface area (Å²) in [6, 6.07) is 7.78. The molecule has 144 valence electrons. The quantitative estimate of drug-likeness (QED) is 0.845. The molecule has 4 fully saturated rings. The van der Waals surface area contributed by atoms with Gasteiger partial charge in [0.25, 0.3) is 0 Å². The van der Waals surface area contributed by atoms with Crippen LogP contribution in [-0.2, 0) is 11.2 Å². The maximum absolute atomic E-state index is 13.4. The van der Waals surface area contributed by atoms with Gasteiger partial charge in [0, 0.05) is 29.2 Å². The Morgan fingerprint density at radius 3 is 2.44 bits per heavy atom. The predicted octanol–water partition coefficient (Wildman–Crippen LogP) is 3.86. The summed E-state index contributed by atoms with van der Waals surface area (Å²) in [4.78, 5) is 18.9. The van der Waals surface area contributed by atoms with Crippen molar-refractivity contribution in [2.45, 2.75) is 63.5 Å². The highest BCUT2D eigenvalue weighted by Crippen LogP contribution is 2.57. The van der Waals surface area contributed by atoms with Crippen LogP contribution in [0.25, 0.3) is 10.9 Å². The van der Waals surface area contributed by atoms with Gasteiger partial charge in [0.2, 0.25) is 5.91 Å². The van der Waals surface area contributed by atoms with Gasteiger partial charge in [0.05, 0.1) is 6.04 Å². The summed E-state index contributed by atoms with van der Waals surface area (Å²) < 4.78 is 0. The van der Waals surface area contributed by atoms with Gasteiger partial charge in [-0.25, -0.2) is 0 Å². The molecule has 1 atom stereocenters. The Hall–Kier alpha value is -1.81. The Balaban J connectivity index is 1.37. The van der Waals surface area contributed by atoms with E-state index in [1.807, 2.05) is 18.3 Å². The topological polar surface area (TPSA) is 62.1 Å². The van der Waals surface area contributed by atoms with Gasteiger partial charge in [-0.2, -0.15) is 0 Å². The van der Waals surface area contributed by atoms with Gasteiger partial charge >= 0.3 is 0 Å². The molecule has 4 bridgehead atoms. The van der Waals surface area contributed by atoms with Crippen molar-refractivity contribution in [2.75, 3.05) is 6.54 Å². The maximum Gasteiger partial charge on any atom is 0.240 e. The van der Waals surface area contributed by atoms with Crippen molar-refractivity contribution in [3.8, 4) is 0 Å². The molecule has 6 rings (SSSR count). The van der Waals surface area contributed by atoms with Crippen LogP contribution in [0.1, 0.15) is 51.0 Å². The summed E-state index contributed by atoms with van der Waals surface area (Å²) in [5.74, 6) is 2.67. The molecular weight excluding hydrogens is 334 g/mol. The average Bonchev–Trinajstić information content (AvgIpc) is 3.04. The zero-order valence-corrected chi connectivity index (χ0v) is 16.3. The van der Waals surface area contributed by atoms with Crippen molar-refractivity contribution in [1.29, 1.82) is 0 Å². The van der Waals surface area contributed by atoms with E-state index in [0.717, 1.165) is 35.4 Å². The number of H-pyrrole nitrogens is 1. The number of hydrogen-bond donors (Lipinski definition) is 2. The number of rotatable bonds is 5. The third-order valence-electron chi connectivity index (χ3n) is 7.59. The molecule has 4 aliphatic carbocycles. The van der Waals surface area contributed by atoms with Crippen molar-refractivity contribution in [1.82, 2.24) is 9.88 Å². The Morgan fingerprint density at radius 2 is 1.81 bits per heavy atom. The number of nitrogens with two attached hydrogens (primary N) is 1. The lowest BCUT2D eigenvalue weighted by atomic mass is 9.52. The van der Waals surface area contributed by atoms with Crippen molar-refractivity contribution in [2.24, 2.45) is 23.5 Å². The molecular formula is C23H31N3O. The van der Waals surface area contributed by atoms with Gasteiger partial charge in [0.1, 0.15) is 0 Å². The summed E-state index contributed by atoms with van der Waals surface area (Å²) in [5, 5.41) is 1.18. The van der Waals surface area contributed by atoms with Gasteiger partial charge < -0.3 is 15.6 Å². The lowest BCUT2D eigenvalue weighted by Crippen LogP contribution is -2.63. The van der Waals surface area contributed by atoms with Gasteiger partial charge in [-0.3, -0.25) is 4.79 Å². The Labute approximate surface area is 161 Å². The molecule has 2 aromatic rings. The fourth-order valence-electron chi connectivity index (χ4n) is 6.95. The first-order valence-corrected chi connectivity index (χ1v) is 10.7. The second-order valence-corrected chi connectivity index (χ2v) is 9.39. The zero-order valence-electron chi connectivity index (χ0n) is 16.3. The number of likely N-dealkylation sites (N-methyl/N-ethyl adjacent to an activating group) is 1. The van der Waals surface area contributed by atoms with Crippen LogP contribution in [0.5, 0.6) is 0 Å². The number of carbonyl (C=O) groups excluding carboxylic acids is 1. The molecule has 27 heavy (non-hydrogen) atoms. The number of aromatic amines is 1. The molecule has 0 unspecified atom stereocenters. The summed E-state index contributed by atoms with van der Waals surface area (Å²) in [7, 11) is 0. The van der Waals surface area contributed by atoms with E-state index in [9.17, 15) is 4.79 Å². The van der Waals surface area contributed by atoms with Gasteiger partial charge in [-0.05, 0) is 81.3 Å². The third-order valence-corrected chi connectivity index (χ3v) is 7.59. The van der Waals surface area contributed by atoms with Crippen LogP contribution in [0, 0.1) is 17.8 Å². The Morgan fingerprint density at radius 1 is 1.19 bits per heavy atom. The lowest BCUT2D eigenvalue weighted by Gasteiger charge is -2.60. The number of para-hydroxylation sites is 1. The summed E-state index contributed by atoms with van der Waals surface area (Å²) in [6.07, 6.45) is 10.4. The Kier molecular flexibility index (Phi) is 4.08. The molecule has 1 aromatic carbocycles. The number of benzene rings is 1. The van der Waals surface area contributed by atoms with E-state index in [-0.39, 0.29) is 11.4 Å². The molecule has 4 saturated carbocycles. The van der Waals surface area contributed by atoms with Crippen LogP contribution >= 0.6 is 0 Å². The minimum Gasteiger partial charge on any atom is -0.361 e. The smallest absolute Gasteiger partial charge is 0.240 e. The van der Waals surface area contributed by atoms with Gasteiger partial charge in [-0.15, -0.1) is 0 Å². The molecule has 4 heteroatoms. The van der Waals surface area contributed by atoms with Gasteiger partial charge in [0.15, 0.2) is 0 Å². The molecule has 4 aliphatic rings. The molecule has 1 amide bonds. The highest BCUT2D eigenvalue weighted by molar-refractivity contribution is 5.86. The van der Waals surface area contributed by atoms with Crippen molar-refractivity contribution in [3.05, 3.63) is 36.0 Å². The summed E-state index contributed by atoms with van der Waals surface area (Å²) >= 11 is 0. The molecule has 0 aliphatic heterocycles. The van der Waals surface area contributed by atoms with Gasteiger partial charge in [-0.1, -0.05) is 18.2 Å². The minimum atomic E-state index is -0.461. The fourth-order valence-corrected chi connectivity index (χ4v) is 6.95. The maximum atomic E-state index is 13.4. The van der Waals surface area contributed by atoms with E-state index in [4.69, 9.17) is 5.73 Å². The number of carbonyl (C=O) groups is 1. The first-order chi connectivity index (χ1) is 13.1. The van der Waals surface area contributed by atoms with Crippen molar-refractivity contribution >= 4 is 16.8 Å². The summed E-state index contributed by atoms with van der Waals surface area (Å²) in [6.45, 7) is 2.92. The number of nitrogens with one attached hydrogen (secondary N) is 1. The molecule has 0 spiro atoms.